The molecular formula is C29H23ClF3N5O2. The van der Waals surface area contributed by atoms with Crippen LogP contribution in [0, 0.1) is 11.3 Å². The summed E-state index contributed by atoms with van der Waals surface area (Å²) in [6, 6.07) is 16.3. The molecule has 4 aromatic rings. The summed E-state index contributed by atoms with van der Waals surface area (Å²) in [6.07, 6.45) is 1.19. The van der Waals surface area contributed by atoms with Crippen molar-refractivity contribution in [2.24, 2.45) is 0 Å². The van der Waals surface area contributed by atoms with Crippen LogP contribution in [0.4, 0.5) is 18.0 Å². The molecule has 3 heterocycles. The third-order valence-corrected chi connectivity index (χ3v) is 6.79. The van der Waals surface area contributed by atoms with Crippen molar-refractivity contribution in [3.05, 3.63) is 100.0 Å². The molecule has 0 bridgehead atoms. The van der Waals surface area contributed by atoms with Crippen LogP contribution in [0.3, 0.4) is 0 Å². The number of amides is 1. The summed E-state index contributed by atoms with van der Waals surface area (Å²) in [4.78, 5) is 19.5. The number of fused-ring (bicyclic) bond motifs is 3. The molecule has 5 rings (SSSR count). The fourth-order valence-corrected chi connectivity index (χ4v) is 4.99. The lowest BCUT2D eigenvalue weighted by molar-refractivity contribution is -0.274. The van der Waals surface area contributed by atoms with Crippen molar-refractivity contribution in [2.75, 3.05) is 13.1 Å². The zero-order chi connectivity index (χ0) is 28.3. The van der Waals surface area contributed by atoms with Crippen molar-refractivity contribution < 1.29 is 22.7 Å². The van der Waals surface area contributed by atoms with E-state index in [1.807, 2.05) is 24.3 Å². The highest BCUT2D eigenvalue weighted by molar-refractivity contribution is 6.29. The van der Waals surface area contributed by atoms with E-state index in [1.165, 1.54) is 22.9 Å². The van der Waals surface area contributed by atoms with Crippen LogP contribution in [0.5, 0.6) is 5.75 Å². The molecule has 0 saturated heterocycles. The molecule has 1 aliphatic heterocycles. The monoisotopic (exact) mass is 565 g/mol. The predicted molar refractivity (Wildman–Crippen MR) is 145 cm³/mol. The van der Waals surface area contributed by atoms with Gasteiger partial charge in [0.05, 0.1) is 17.1 Å². The van der Waals surface area contributed by atoms with Gasteiger partial charge in [-0.1, -0.05) is 35.9 Å². The smallest absolute Gasteiger partial charge is 0.406 e. The van der Waals surface area contributed by atoms with Crippen LogP contribution < -0.4 is 10.1 Å². The summed E-state index contributed by atoms with van der Waals surface area (Å²) in [5.74, 6) is -0.396. The van der Waals surface area contributed by atoms with Gasteiger partial charge in [-0.15, -0.1) is 13.2 Å². The molecule has 1 aliphatic rings. The van der Waals surface area contributed by atoms with E-state index in [1.54, 1.807) is 30.3 Å². The average molecular weight is 566 g/mol. The summed E-state index contributed by atoms with van der Waals surface area (Å²) in [6.45, 7) is 1.97. The number of ether oxygens (including phenoxy) is 1. The highest BCUT2D eigenvalue weighted by Crippen LogP contribution is 2.34. The molecule has 11 heteroatoms. The summed E-state index contributed by atoms with van der Waals surface area (Å²) in [5, 5.41) is 12.8. The van der Waals surface area contributed by atoms with Crippen LogP contribution in [0.2, 0.25) is 5.15 Å². The Bertz CT molecular complexity index is 1620. The van der Waals surface area contributed by atoms with Gasteiger partial charge in [0.1, 0.15) is 10.9 Å². The zero-order valence-corrected chi connectivity index (χ0v) is 21.8. The zero-order valence-electron chi connectivity index (χ0n) is 21.1. The Morgan fingerprint density at radius 1 is 1.18 bits per heavy atom. The molecule has 0 aliphatic carbocycles. The van der Waals surface area contributed by atoms with Crippen LogP contribution >= 0.6 is 11.6 Å². The number of nitriles is 1. The summed E-state index contributed by atoms with van der Waals surface area (Å²) < 4.78 is 44.4. The molecule has 1 N–H and O–H groups in total. The largest absolute Gasteiger partial charge is 0.573 e. The van der Waals surface area contributed by atoms with Crippen LogP contribution in [0.1, 0.15) is 27.9 Å². The number of hydrogen-bond donors (Lipinski definition) is 1. The number of pyridine rings is 1. The fourth-order valence-electron chi connectivity index (χ4n) is 4.79. The maximum absolute atomic E-state index is 13.4. The second-order valence-electron chi connectivity index (χ2n) is 9.25. The average Bonchev–Trinajstić information content (AvgIpc) is 3.24. The van der Waals surface area contributed by atoms with Crippen molar-refractivity contribution >= 4 is 34.6 Å². The number of nitrogens with zero attached hydrogens (tertiary/aromatic N) is 4. The molecule has 0 atom stereocenters. The quantitative estimate of drug-likeness (QED) is 0.278. The Hall–Kier alpha value is -4.33. The van der Waals surface area contributed by atoms with Crippen LogP contribution in [-0.2, 0) is 19.5 Å². The number of nitrogens with one attached hydrogen (secondary N) is 1. The van der Waals surface area contributed by atoms with E-state index in [0.717, 1.165) is 22.4 Å². The van der Waals surface area contributed by atoms with E-state index in [-0.39, 0.29) is 11.7 Å². The minimum Gasteiger partial charge on any atom is -0.406 e. The minimum atomic E-state index is -4.86. The lowest BCUT2D eigenvalue weighted by Gasteiger charge is -2.27. The van der Waals surface area contributed by atoms with Gasteiger partial charge in [-0.2, -0.15) is 5.26 Å². The van der Waals surface area contributed by atoms with E-state index in [2.05, 4.69) is 26.0 Å². The second-order valence-corrected chi connectivity index (χ2v) is 9.64. The van der Waals surface area contributed by atoms with E-state index in [4.69, 9.17) is 16.9 Å². The first-order chi connectivity index (χ1) is 19.2. The number of carbonyl (C=O) groups is 1. The molecule has 0 spiro atoms. The van der Waals surface area contributed by atoms with Crippen molar-refractivity contribution in [1.82, 2.24) is 19.8 Å². The Morgan fingerprint density at radius 3 is 2.70 bits per heavy atom. The van der Waals surface area contributed by atoms with Crippen LogP contribution in [-0.4, -0.2) is 39.9 Å². The molecule has 0 saturated carbocycles. The molecule has 0 radical (unpaired) electrons. The molecule has 0 fully saturated rings. The van der Waals surface area contributed by atoms with Crippen molar-refractivity contribution in [1.29, 1.82) is 5.26 Å². The number of alkyl halides is 3. The lowest BCUT2D eigenvalue weighted by Crippen LogP contribution is -2.34. The Labute approximate surface area is 233 Å². The number of rotatable bonds is 6. The molecule has 7 nitrogen and oxygen atoms in total. The van der Waals surface area contributed by atoms with Gasteiger partial charge < -0.3 is 10.1 Å². The van der Waals surface area contributed by atoms with Gasteiger partial charge in [-0.05, 0) is 53.1 Å². The first-order valence-corrected chi connectivity index (χ1v) is 12.8. The van der Waals surface area contributed by atoms with Crippen LogP contribution in [0.25, 0.3) is 17.0 Å². The SMILES string of the molecule is N#Cc1ccc(C=CCN2CCc3c(c4ccc(OC(F)(F)F)cc4n3C(=O)NCc3ccnc(Cl)c3)C2)cc1. The number of aromatic nitrogens is 2. The molecule has 2 aromatic heterocycles. The predicted octanol–water partition coefficient (Wildman–Crippen LogP) is 6.29. The van der Waals surface area contributed by atoms with Crippen molar-refractivity contribution in [3.63, 3.8) is 0 Å². The lowest BCUT2D eigenvalue weighted by atomic mass is 10.0. The van der Waals surface area contributed by atoms with Gasteiger partial charge in [-0.25, -0.2) is 9.78 Å². The van der Waals surface area contributed by atoms with Gasteiger partial charge >= 0.3 is 12.4 Å². The summed E-state index contributed by atoms with van der Waals surface area (Å²) >= 11 is 5.94. The highest BCUT2D eigenvalue weighted by atomic mass is 35.5. The molecule has 0 unspecified atom stereocenters. The first-order valence-electron chi connectivity index (χ1n) is 12.4. The molecule has 204 valence electrons. The van der Waals surface area contributed by atoms with Gasteiger partial charge in [0, 0.05) is 55.9 Å². The topological polar surface area (TPSA) is 83.2 Å². The Kier molecular flexibility index (Phi) is 7.78. The van der Waals surface area contributed by atoms with E-state index < -0.39 is 18.1 Å². The first kappa shape index (κ1) is 27.2. The minimum absolute atomic E-state index is 0.167. The summed E-state index contributed by atoms with van der Waals surface area (Å²) in [5.41, 5.74) is 4.27. The van der Waals surface area contributed by atoms with Gasteiger partial charge in [0.2, 0.25) is 0 Å². The number of halogens is 4. The fraction of sp³-hybridized carbons (Fsp3) is 0.207. The Balaban J connectivity index is 1.41. The van der Waals surface area contributed by atoms with E-state index >= 15 is 0 Å². The summed E-state index contributed by atoms with van der Waals surface area (Å²) in [7, 11) is 0. The van der Waals surface area contributed by atoms with Gasteiger partial charge in [-0.3, -0.25) is 9.47 Å². The normalized spacial score (nSPS) is 13.8. The van der Waals surface area contributed by atoms with Crippen molar-refractivity contribution in [2.45, 2.75) is 25.9 Å². The molecular weight excluding hydrogens is 543 g/mol. The number of hydrogen-bond acceptors (Lipinski definition) is 5. The van der Waals surface area contributed by atoms with Gasteiger partial charge in [0.15, 0.2) is 0 Å². The third kappa shape index (κ3) is 6.28. The second kappa shape index (κ2) is 11.4. The molecule has 40 heavy (non-hydrogen) atoms. The molecule has 2 aromatic carbocycles. The number of carbonyl (C=O) groups excluding carboxylic acids is 1. The van der Waals surface area contributed by atoms with E-state index in [9.17, 15) is 18.0 Å². The van der Waals surface area contributed by atoms with Crippen LogP contribution in [0.15, 0.2) is 66.9 Å². The maximum atomic E-state index is 13.4. The van der Waals surface area contributed by atoms with Gasteiger partial charge in [0.25, 0.3) is 0 Å². The maximum Gasteiger partial charge on any atom is 0.573 e. The highest BCUT2D eigenvalue weighted by Gasteiger charge is 2.32. The van der Waals surface area contributed by atoms with E-state index in [0.29, 0.717) is 42.5 Å². The molecule has 1 amide bonds. The standard InChI is InChI=1S/C29H23ClF3N5O2/c30-27-14-21(9-11-35-27)17-36-28(39)38-25-10-13-37(12-1-2-19-3-5-20(16-34)6-4-19)18-24(25)23-8-7-22(15-26(23)38)40-29(31,32)33/h1-9,11,14-15H,10,12-13,17-18H2,(H,36,39). The Morgan fingerprint density at radius 2 is 1.98 bits per heavy atom. The third-order valence-electron chi connectivity index (χ3n) is 6.59. The number of benzene rings is 2. The van der Waals surface area contributed by atoms with Crippen molar-refractivity contribution in [3.8, 4) is 11.8 Å².